The molecule has 2 aromatic carbocycles. The van der Waals surface area contributed by atoms with E-state index in [1.807, 2.05) is 21.8 Å². The Balaban J connectivity index is 1.52. The summed E-state index contributed by atoms with van der Waals surface area (Å²) in [6.07, 6.45) is 2.91. The van der Waals surface area contributed by atoms with E-state index in [1.54, 1.807) is 0 Å². The minimum atomic E-state index is 0.0394. The first-order valence-electron chi connectivity index (χ1n) is 11.3. The van der Waals surface area contributed by atoms with E-state index in [1.165, 1.54) is 22.3 Å². The van der Waals surface area contributed by atoms with Gasteiger partial charge < -0.3 is 4.90 Å². The molecule has 1 fully saturated rings. The number of hydrogen-bond donors (Lipinski definition) is 0. The summed E-state index contributed by atoms with van der Waals surface area (Å²) in [6, 6.07) is 19.5. The number of aromatic nitrogens is 2. The molecule has 0 radical (unpaired) electrons. The van der Waals surface area contributed by atoms with Crippen LogP contribution in [0.4, 0.5) is 0 Å². The average Bonchev–Trinajstić information content (AvgIpc) is 3.26. The highest BCUT2D eigenvalue weighted by atomic mass is 16.2. The minimum absolute atomic E-state index is 0.0394. The third kappa shape index (κ3) is 4.72. The van der Waals surface area contributed by atoms with Gasteiger partial charge in [-0.25, -0.2) is 0 Å². The lowest BCUT2D eigenvalue weighted by Crippen LogP contribution is -2.50. The van der Waals surface area contributed by atoms with Gasteiger partial charge in [-0.1, -0.05) is 61.0 Å². The summed E-state index contributed by atoms with van der Waals surface area (Å²) in [4.78, 5) is 17.4. The first-order valence-corrected chi connectivity index (χ1v) is 11.3. The molecule has 31 heavy (non-hydrogen) atoms. The maximum atomic E-state index is 13.0. The van der Waals surface area contributed by atoms with Crippen LogP contribution in [0.25, 0.3) is 0 Å². The van der Waals surface area contributed by atoms with Crippen molar-refractivity contribution in [2.45, 2.75) is 39.8 Å². The summed E-state index contributed by atoms with van der Waals surface area (Å²) in [5, 5.41) is 4.46. The summed E-state index contributed by atoms with van der Waals surface area (Å²) in [6.45, 7) is 10.4. The zero-order valence-electron chi connectivity index (χ0n) is 18.8. The van der Waals surface area contributed by atoms with Crippen molar-refractivity contribution in [3.05, 3.63) is 88.7 Å². The molecule has 1 aliphatic rings. The number of benzene rings is 2. The van der Waals surface area contributed by atoms with Crippen LogP contribution in [0.3, 0.4) is 0 Å². The Bertz CT molecular complexity index is 1020. The third-order valence-corrected chi connectivity index (χ3v) is 6.12. The number of hydrogen-bond acceptors (Lipinski definition) is 3. The third-order valence-electron chi connectivity index (χ3n) is 6.12. The molecule has 5 heteroatoms. The molecule has 3 aromatic rings. The maximum Gasteiger partial charge on any atom is 0.274 e. The molecule has 0 saturated carbocycles. The van der Waals surface area contributed by atoms with E-state index in [9.17, 15) is 4.79 Å². The van der Waals surface area contributed by atoms with Gasteiger partial charge in [-0.2, -0.15) is 5.10 Å². The lowest BCUT2D eigenvalue weighted by Gasteiger charge is -2.40. The van der Waals surface area contributed by atoms with Crippen molar-refractivity contribution in [1.82, 2.24) is 19.6 Å². The Hall–Kier alpha value is -2.92. The second kappa shape index (κ2) is 9.48. The topological polar surface area (TPSA) is 41.4 Å². The zero-order chi connectivity index (χ0) is 21.8. The molecule has 1 aromatic heterocycles. The highest BCUT2D eigenvalue weighted by molar-refractivity contribution is 5.92. The number of amides is 1. The van der Waals surface area contributed by atoms with Gasteiger partial charge in [0.25, 0.3) is 5.91 Å². The molecular weight excluding hydrogens is 384 g/mol. The van der Waals surface area contributed by atoms with Crippen LogP contribution in [0.1, 0.15) is 52.1 Å². The van der Waals surface area contributed by atoms with Crippen LogP contribution >= 0.6 is 0 Å². The van der Waals surface area contributed by atoms with E-state index in [-0.39, 0.29) is 11.9 Å². The zero-order valence-corrected chi connectivity index (χ0v) is 18.8. The van der Waals surface area contributed by atoms with Crippen molar-refractivity contribution in [1.29, 1.82) is 0 Å². The van der Waals surface area contributed by atoms with Crippen molar-refractivity contribution < 1.29 is 4.79 Å². The molecule has 0 N–H and O–H groups in total. The quantitative estimate of drug-likeness (QED) is 0.596. The Labute approximate surface area is 185 Å². The minimum Gasteiger partial charge on any atom is -0.335 e. The lowest BCUT2D eigenvalue weighted by atomic mass is 9.92. The van der Waals surface area contributed by atoms with Gasteiger partial charge in [-0.3, -0.25) is 14.4 Å². The molecular formula is C26H32N4O. The molecule has 5 nitrogen and oxygen atoms in total. The second-order valence-corrected chi connectivity index (χ2v) is 8.47. The molecule has 1 saturated heterocycles. The van der Waals surface area contributed by atoms with E-state index in [4.69, 9.17) is 0 Å². The predicted octanol–water partition coefficient (Wildman–Crippen LogP) is 4.46. The SMILES string of the molecule is CCCn1ccc(C(=O)N2CCN(C(c3ccccc3)c3cc(C)ccc3C)CC2)n1. The van der Waals surface area contributed by atoms with Gasteiger partial charge in [-0.15, -0.1) is 0 Å². The molecule has 0 spiro atoms. The van der Waals surface area contributed by atoms with E-state index >= 15 is 0 Å². The molecule has 1 unspecified atom stereocenters. The summed E-state index contributed by atoms with van der Waals surface area (Å²) >= 11 is 0. The standard InChI is InChI=1S/C26H32N4O/c1-4-13-30-14-12-24(27-30)26(31)29-17-15-28(16-18-29)25(22-8-6-5-7-9-22)23-19-20(2)10-11-21(23)3/h5-12,14,19,25H,4,13,15-18H2,1-3H3. The largest absolute Gasteiger partial charge is 0.335 e. The fraction of sp³-hybridized carbons (Fsp3) is 0.385. The number of rotatable bonds is 6. The monoisotopic (exact) mass is 416 g/mol. The molecule has 0 bridgehead atoms. The molecule has 1 amide bonds. The van der Waals surface area contributed by atoms with Gasteiger partial charge in [0.05, 0.1) is 6.04 Å². The van der Waals surface area contributed by atoms with E-state index in [0.29, 0.717) is 18.8 Å². The van der Waals surface area contributed by atoms with Gasteiger partial charge in [0.2, 0.25) is 0 Å². The number of aryl methyl sites for hydroxylation is 3. The smallest absolute Gasteiger partial charge is 0.274 e. The molecule has 1 aliphatic heterocycles. The fourth-order valence-electron chi connectivity index (χ4n) is 4.45. The van der Waals surface area contributed by atoms with Crippen LogP contribution in [-0.4, -0.2) is 51.7 Å². The van der Waals surface area contributed by atoms with Crippen LogP contribution in [0.2, 0.25) is 0 Å². The Morgan fingerprint density at radius 1 is 1.00 bits per heavy atom. The van der Waals surface area contributed by atoms with Gasteiger partial charge in [0.15, 0.2) is 0 Å². The second-order valence-electron chi connectivity index (χ2n) is 8.47. The van der Waals surface area contributed by atoms with Crippen LogP contribution in [0.15, 0.2) is 60.8 Å². The number of piperazine rings is 1. The molecule has 162 valence electrons. The molecule has 2 heterocycles. The van der Waals surface area contributed by atoms with Crippen molar-refractivity contribution >= 4 is 5.91 Å². The van der Waals surface area contributed by atoms with Gasteiger partial charge in [0, 0.05) is 38.9 Å². The Morgan fingerprint density at radius 3 is 2.45 bits per heavy atom. The van der Waals surface area contributed by atoms with Crippen LogP contribution < -0.4 is 0 Å². The highest BCUT2D eigenvalue weighted by Gasteiger charge is 2.30. The van der Waals surface area contributed by atoms with Crippen LogP contribution in [0.5, 0.6) is 0 Å². The maximum absolute atomic E-state index is 13.0. The summed E-state index contributed by atoms with van der Waals surface area (Å²) in [5.41, 5.74) is 5.78. The first kappa shape index (κ1) is 21.3. The van der Waals surface area contributed by atoms with E-state index in [0.717, 1.165) is 26.1 Å². The Kier molecular flexibility index (Phi) is 6.52. The Morgan fingerprint density at radius 2 is 1.74 bits per heavy atom. The van der Waals surface area contributed by atoms with Crippen molar-refractivity contribution in [2.24, 2.45) is 0 Å². The molecule has 1 atom stereocenters. The molecule has 0 aliphatic carbocycles. The first-order chi connectivity index (χ1) is 15.1. The van der Waals surface area contributed by atoms with E-state index < -0.39 is 0 Å². The van der Waals surface area contributed by atoms with Crippen molar-refractivity contribution in [3.8, 4) is 0 Å². The number of carbonyl (C=O) groups is 1. The normalized spacial score (nSPS) is 15.8. The fourth-order valence-corrected chi connectivity index (χ4v) is 4.45. The number of carbonyl (C=O) groups excluding carboxylic acids is 1. The summed E-state index contributed by atoms with van der Waals surface area (Å²) in [7, 11) is 0. The van der Waals surface area contributed by atoms with E-state index in [2.05, 4.69) is 79.3 Å². The van der Waals surface area contributed by atoms with Crippen LogP contribution in [0, 0.1) is 13.8 Å². The van der Waals surface area contributed by atoms with Crippen molar-refractivity contribution in [3.63, 3.8) is 0 Å². The van der Waals surface area contributed by atoms with Crippen molar-refractivity contribution in [2.75, 3.05) is 26.2 Å². The van der Waals surface area contributed by atoms with Gasteiger partial charge in [-0.05, 0) is 43.0 Å². The van der Waals surface area contributed by atoms with Crippen LogP contribution in [-0.2, 0) is 6.54 Å². The predicted molar refractivity (Wildman–Crippen MR) is 124 cm³/mol. The lowest BCUT2D eigenvalue weighted by molar-refractivity contribution is 0.0590. The average molecular weight is 417 g/mol. The van der Waals surface area contributed by atoms with Gasteiger partial charge in [0.1, 0.15) is 5.69 Å². The number of nitrogens with zero attached hydrogens (tertiary/aromatic N) is 4. The highest BCUT2D eigenvalue weighted by Crippen LogP contribution is 2.32. The summed E-state index contributed by atoms with van der Waals surface area (Å²) in [5.74, 6) is 0.0394. The summed E-state index contributed by atoms with van der Waals surface area (Å²) < 4.78 is 1.86. The van der Waals surface area contributed by atoms with Gasteiger partial charge >= 0.3 is 0 Å². The molecule has 4 rings (SSSR count).